The largest absolute Gasteiger partial charge is 0.366 e. The van der Waals surface area contributed by atoms with Crippen LogP contribution in [0.25, 0.3) is 10.9 Å². The predicted molar refractivity (Wildman–Crippen MR) is 156 cm³/mol. The number of aromatic amines is 1. The van der Waals surface area contributed by atoms with Crippen LogP contribution in [-0.4, -0.2) is 40.5 Å². The average Bonchev–Trinajstić information content (AvgIpc) is 3.35. The van der Waals surface area contributed by atoms with Crippen LogP contribution in [0.1, 0.15) is 36.1 Å². The third-order valence-electron chi connectivity index (χ3n) is 8.99. The molecule has 0 aliphatic carbocycles. The zero-order valence-corrected chi connectivity index (χ0v) is 22.5. The fourth-order valence-corrected chi connectivity index (χ4v) is 7.39. The van der Waals surface area contributed by atoms with Crippen molar-refractivity contribution < 1.29 is 9.59 Å². The summed E-state index contributed by atoms with van der Waals surface area (Å²) in [5.41, 5.74) is 6.31. The number of carbonyl (C=O) groups excluding carboxylic acids is 2. The number of nitrogens with one attached hydrogen (secondary N) is 3. The van der Waals surface area contributed by atoms with Gasteiger partial charge < -0.3 is 25.1 Å². The summed E-state index contributed by atoms with van der Waals surface area (Å²) in [5.74, 6) is 0.0687. The van der Waals surface area contributed by atoms with E-state index in [1.807, 2.05) is 41.1 Å². The van der Waals surface area contributed by atoms with Gasteiger partial charge in [0.05, 0.1) is 5.92 Å². The van der Waals surface area contributed by atoms with Gasteiger partial charge in [-0.05, 0) is 66.6 Å². The number of carbonyl (C=O) groups is 2. The molecular weight excluding hydrogens is 502 g/mol. The van der Waals surface area contributed by atoms with Crippen molar-refractivity contribution in [1.82, 2.24) is 14.9 Å². The third-order valence-corrected chi connectivity index (χ3v) is 8.99. The zero-order valence-electron chi connectivity index (χ0n) is 22.5. The van der Waals surface area contributed by atoms with Crippen molar-refractivity contribution in [2.45, 2.75) is 44.7 Å². The summed E-state index contributed by atoms with van der Waals surface area (Å²) >= 11 is 0. The van der Waals surface area contributed by atoms with Crippen LogP contribution >= 0.6 is 0 Å². The lowest BCUT2D eigenvalue weighted by Crippen LogP contribution is -2.60. The molecular formula is C32H33N5O3. The maximum atomic E-state index is 14.0. The minimum Gasteiger partial charge on any atom is -0.366 e. The highest BCUT2D eigenvalue weighted by Gasteiger charge is 2.49. The van der Waals surface area contributed by atoms with Gasteiger partial charge in [0.2, 0.25) is 11.8 Å². The summed E-state index contributed by atoms with van der Waals surface area (Å²) < 4.78 is 1.93. The number of anilines is 2. The molecule has 204 valence electrons. The van der Waals surface area contributed by atoms with E-state index in [1.54, 1.807) is 6.07 Å². The summed E-state index contributed by atoms with van der Waals surface area (Å²) in [6.45, 7) is 3.56. The molecule has 7 rings (SSSR count). The Balaban J connectivity index is 1.21. The van der Waals surface area contributed by atoms with Gasteiger partial charge in [-0.15, -0.1) is 0 Å². The molecule has 2 amide bonds. The number of benzene rings is 2. The first kappa shape index (κ1) is 24.7. The van der Waals surface area contributed by atoms with Crippen LogP contribution in [0.15, 0.2) is 71.7 Å². The Morgan fingerprint density at radius 2 is 1.93 bits per heavy atom. The van der Waals surface area contributed by atoms with Crippen molar-refractivity contribution in [3.63, 3.8) is 0 Å². The van der Waals surface area contributed by atoms with Crippen molar-refractivity contribution in [2.75, 3.05) is 23.3 Å². The normalized spacial score (nSPS) is 22.7. The molecule has 0 spiro atoms. The van der Waals surface area contributed by atoms with Crippen molar-refractivity contribution in [3.8, 4) is 0 Å². The van der Waals surface area contributed by atoms with Crippen LogP contribution in [0.4, 0.5) is 11.4 Å². The van der Waals surface area contributed by atoms with Crippen molar-refractivity contribution in [3.05, 3.63) is 94.0 Å². The van der Waals surface area contributed by atoms with Crippen LogP contribution in [0.2, 0.25) is 0 Å². The second-order valence-electron chi connectivity index (χ2n) is 11.5. The maximum absolute atomic E-state index is 14.0. The number of para-hydroxylation sites is 1. The summed E-state index contributed by atoms with van der Waals surface area (Å²) in [5, 5.41) is 7.34. The number of hydrogen-bond acceptors (Lipinski definition) is 4. The number of H-pyrrole nitrogens is 1. The van der Waals surface area contributed by atoms with E-state index in [-0.39, 0.29) is 35.3 Å². The van der Waals surface area contributed by atoms with E-state index >= 15 is 0 Å². The standard InChI is InChI=1S/C32H33N5O3/c1-19(38)35-23-9-10-28-22(14-23)15-26(32(40)33-12-11-21-16-34-27-6-3-2-5-24(21)27)31-25-13-20(18-37(28)31)17-36-29(25)7-4-8-30(36)39/h2-10,14,16,20,25-26,31,34H,11-13,15,17-18H2,1H3,(H,33,40)(H,35,38)/t20-,25+,26+,31+/m0/s1. The molecule has 0 radical (unpaired) electrons. The van der Waals surface area contributed by atoms with E-state index in [1.165, 1.54) is 17.9 Å². The molecule has 2 bridgehead atoms. The van der Waals surface area contributed by atoms with Crippen molar-refractivity contribution >= 4 is 34.1 Å². The molecule has 1 saturated heterocycles. The number of hydrogen-bond donors (Lipinski definition) is 3. The van der Waals surface area contributed by atoms with Crippen LogP contribution in [-0.2, 0) is 29.0 Å². The molecule has 0 saturated carbocycles. The highest BCUT2D eigenvalue weighted by molar-refractivity contribution is 5.89. The van der Waals surface area contributed by atoms with Gasteiger partial charge in [0.1, 0.15) is 0 Å². The van der Waals surface area contributed by atoms with Gasteiger partial charge in [0.25, 0.3) is 5.56 Å². The summed E-state index contributed by atoms with van der Waals surface area (Å²) in [6, 6.07) is 19.8. The number of fused-ring (bicyclic) bond motifs is 9. The Hall–Kier alpha value is -4.33. The number of amides is 2. The summed E-state index contributed by atoms with van der Waals surface area (Å²) in [4.78, 5) is 44.2. The number of rotatable bonds is 5. The van der Waals surface area contributed by atoms with Gasteiger partial charge in [-0.2, -0.15) is 0 Å². The first-order valence-electron chi connectivity index (χ1n) is 14.2. The quantitative estimate of drug-likeness (QED) is 0.362. The summed E-state index contributed by atoms with van der Waals surface area (Å²) in [7, 11) is 0. The SMILES string of the molecule is CC(=O)Nc1ccc2c(c1)C[C@@H](C(=O)NCCc1c[nH]c3ccccc13)[C@H]1[C@@H]3C[C@H](CN21)Cn1c3cccc1=O. The molecule has 3 N–H and O–H groups in total. The van der Waals surface area contributed by atoms with E-state index < -0.39 is 0 Å². The lowest BCUT2D eigenvalue weighted by Gasteiger charge is -2.54. The molecule has 5 heterocycles. The summed E-state index contributed by atoms with van der Waals surface area (Å²) in [6.07, 6.45) is 4.32. The molecule has 4 aromatic rings. The monoisotopic (exact) mass is 535 g/mol. The molecule has 8 heteroatoms. The molecule has 2 aromatic heterocycles. The van der Waals surface area contributed by atoms with Crippen LogP contribution in [0, 0.1) is 11.8 Å². The van der Waals surface area contributed by atoms with Crippen molar-refractivity contribution in [1.29, 1.82) is 0 Å². The molecule has 40 heavy (non-hydrogen) atoms. The highest BCUT2D eigenvalue weighted by atomic mass is 16.2. The van der Waals surface area contributed by atoms with E-state index in [4.69, 9.17) is 0 Å². The van der Waals surface area contributed by atoms with Gasteiger partial charge in [-0.25, -0.2) is 0 Å². The molecule has 8 nitrogen and oxygen atoms in total. The maximum Gasteiger partial charge on any atom is 0.250 e. The van der Waals surface area contributed by atoms with Gasteiger partial charge in [0, 0.05) is 78.8 Å². The topological polar surface area (TPSA) is 99.2 Å². The molecule has 2 aromatic carbocycles. The molecule has 3 aliphatic rings. The smallest absolute Gasteiger partial charge is 0.250 e. The first-order chi connectivity index (χ1) is 19.5. The fraction of sp³-hybridized carbons (Fsp3) is 0.344. The fourth-order valence-electron chi connectivity index (χ4n) is 7.39. The number of nitrogens with zero attached hydrogens (tertiary/aromatic N) is 2. The van der Waals surface area contributed by atoms with Gasteiger partial charge in [0.15, 0.2) is 0 Å². The minimum absolute atomic E-state index is 0.0385. The number of pyridine rings is 1. The number of aromatic nitrogens is 2. The average molecular weight is 536 g/mol. The Bertz CT molecular complexity index is 1690. The van der Waals surface area contributed by atoms with Gasteiger partial charge in [-0.1, -0.05) is 24.3 Å². The van der Waals surface area contributed by atoms with Gasteiger partial charge in [-0.3, -0.25) is 14.4 Å². The second-order valence-corrected chi connectivity index (χ2v) is 11.5. The number of piperidine rings is 1. The molecule has 0 unspecified atom stereocenters. The van der Waals surface area contributed by atoms with Crippen LogP contribution in [0.3, 0.4) is 0 Å². The Labute approximate surface area is 232 Å². The van der Waals surface area contributed by atoms with E-state index in [0.717, 1.165) is 47.5 Å². The van der Waals surface area contributed by atoms with Crippen LogP contribution in [0.5, 0.6) is 0 Å². The van der Waals surface area contributed by atoms with E-state index in [9.17, 15) is 14.4 Å². The molecule has 4 atom stereocenters. The second kappa shape index (κ2) is 9.70. The molecule has 1 fully saturated rings. The Morgan fingerprint density at radius 3 is 2.80 bits per heavy atom. The zero-order chi connectivity index (χ0) is 27.4. The van der Waals surface area contributed by atoms with Crippen molar-refractivity contribution in [2.24, 2.45) is 11.8 Å². The Morgan fingerprint density at radius 1 is 1.05 bits per heavy atom. The van der Waals surface area contributed by atoms with Crippen LogP contribution < -0.4 is 21.1 Å². The first-order valence-corrected chi connectivity index (χ1v) is 14.2. The highest BCUT2D eigenvalue weighted by Crippen LogP contribution is 2.48. The lowest BCUT2D eigenvalue weighted by atomic mass is 9.69. The predicted octanol–water partition coefficient (Wildman–Crippen LogP) is 3.81. The lowest BCUT2D eigenvalue weighted by molar-refractivity contribution is -0.126. The van der Waals surface area contributed by atoms with Gasteiger partial charge >= 0.3 is 0 Å². The molecule has 3 aliphatic heterocycles. The van der Waals surface area contributed by atoms with E-state index in [2.05, 4.69) is 44.8 Å². The third kappa shape index (κ3) is 4.18. The Kier molecular flexibility index (Phi) is 5.99. The minimum atomic E-state index is -0.282. The van der Waals surface area contributed by atoms with E-state index in [0.29, 0.717) is 25.4 Å².